The van der Waals surface area contributed by atoms with E-state index in [0.29, 0.717) is 9.79 Å². The highest BCUT2D eigenvalue weighted by Gasteiger charge is 2.07. The predicted molar refractivity (Wildman–Crippen MR) is 108 cm³/mol. The van der Waals surface area contributed by atoms with Gasteiger partial charge in [-0.25, -0.2) is 0 Å². The van der Waals surface area contributed by atoms with Gasteiger partial charge in [-0.3, -0.25) is 19.9 Å². The van der Waals surface area contributed by atoms with E-state index in [4.69, 9.17) is 0 Å². The van der Waals surface area contributed by atoms with Gasteiger partial charge in [0.2, 0.25) is 12.7 Å². The summed E-state index contributed by atoms with van der Waals surface area (Å²) in [5.74, 6) is -2.52. The van der Waals surface area contributed by atoms with E-state index in [0.717, 1.165) is 21.6 Å². The summed E-state index contributed by atoms with van der Waals surface area (Å²) in [7, 11) is 2.33. The quantitative estimate of drug-likeness (QED) is 0.440. The number of carbonyl (C=O) groups is 2. The Kier molecular flexibility index (Phi) is 9.77. The van der Waals surface area contributed by atoms with E-state index in [1.807, 2.05) is 24.8 Å². The number of carbonyl (C=O) groups excluding carboxylic acids is 2. The molecule has 8 nitrogen and oxygen atoms in total. The fourth-order valence-electron chi connectivity index (χ4n) is 1.99. The number of aromatic amines is 4. The number of hydrogen-bond acceptors (Lipinski definition) is 6. The number of H-pyrrole nitrogens is 4. The van der Waals surface area contributed by atoms with Crippen molar-refractivity contribution in [2.24, 2.45) is 0 Å². The standard InChI is InChI=1S/C14H10O4S2.2C3H4N2/c15-13(16)9-5-1-3-7-11(9)19-20-12-8-4-2-6-10(12)14(17)18;2*1-2-5-3-4-1/h1-8H,(H,15,16)(H,17,18);2*1-3H,(H,4,5). The lowest BCUT2D eigenvalue weighted by atomic mass is 10.2. The van der Waals surface area contributed by atoms with Gasteiger partial charge in [-0.15, -0.1) is 0 Å². The van der Waals surface area contributed by atoms with Crippen molar-refractivity contribution >= 4 is 33.5 Å². The number of carboxylic acid groups (broad SMARTS) is 2. The maximum absolute atomic E-state index is 11.0. The lowest BCUT2D eigenvalue weighted by Crippen LogP contribution is -2.23. The molecule has 4 rings (SSSR count). The van der Waals surface area contributed by atoms with Crippen molar-refractivity contribution in [1.29, 1.82) is 0 Å². The molecule has 30 heavy (non-hydrogen) atoms. The lowest BCUT2D eigenvalue weighted by Gasteiger charge is -2.11. The zero-order chi connectivity index (χ0) is 21.6. The number of carboxylic acids is 2. The summed E-state index contributed by atoms with van der Waals surface area (Å²) in [6, 6.07) is 12.8. The minimum absolute atomic E-state index is 0.0796. The number of nitrogens with one attached hydrogen (secondary N) is 4. The molecule has 0 saturated carbocycles. The van der Waals surface area contributed by atoms with Crippen molar-refractivity contribution in [3.05, 3.63) is 97.1 Å². The maximum atomic E-state index is 11.0. The molecule has 2 aromatic carbocycles. The van der Waals surface area contributed by atoms with Crippen LogP contribution in [-0.2, 0) is 0 Å². The van der Waals surface area contributed by atoms with Crippen LogP contribution in [0, 0.1) is 0 Å². The molecule has 0 fully saturated rings. The smallest absolute Gasteiger partial charge is 0.239 e. The summed E-state index contributed by atoms with van der Waals surface area (Å²) in [6.07, 6.45) is 10.8. The Bertz CT molecular complexity index is 907. The fraction of sp³-hybridized carbons (Fsp3) is 0. The van der Waals surface area contributed by atoms with Gasteiger partial charge in [0.05, 0.1) is 11.9 Å². The van der Waals surface area contributed by atoms with Crippen LogP contribution in [0.25, 0.3) is 0 Å². The maximum Gasteiger partial charge on any atom is 0.239 e. The summed E-state index contributed by atoms with van der Waals surface area (Å²) >= 11 is 0. The highest BCUT2D eigenvalue weighted by Crippen LogP contribution is 2.40. The van der Waals surface area contributed by atoms with E-state index in [2.05, 4.69) is 19.9 Å². The number of benzene rings is 2. The molecule has 0 bridgehead atoms. The van der Waals surface area contributed by atoms with Crippen LogP contribution < -0.4 is 20.2 Å². The van der Waals surface area contributed by atoms with Crippen molar-refractivity contribution in [3.63, 3.8) is 0 Å². The van der Waals surface area contributed by atoms with Gasteiger partial charge in [-0.05, 0) is 12.1 Å². The SMILES string of the molecule is O=C([O-])c1ccccc1SSc1ccccc1C(=O)[O-].c1c[nH+]c[nH]1.c1c[nH+]c[nH]1. The Balaban J connectivity index is 0.000000258. The van der Waals surface area contributed by atoms with Crippen molar-refractivity contribution in [2.75, 3.05) is 0 Å². The molecular formula is C20H18N4O4S2. The average molecular weight is 443 g/mol. The van der Waals surface area contributed by atoms with Crippen LogP contribution in [-0.4, -0.2) is 21.9 Å². The third-order valence-corrected chi connectivity index (χ3v) is 5.80. The monoisotopic (exact) mass is 442 g/mol. The number of hydrogen-bond donors (Lipinski definition) is 2. The molecule has 0 unspecified atom stereocenters. The van der Waals surface area contributed by atoms with Crippen LogP contribution in [0.3, 0.4) is 0 Å². The summed E-state index contributed by atoms with van der Waals surface area (Å²) in [6.45, 7) is 0. The molecule has 154 valence electrons. The molecule has 0 atom stereocenters. The van der Waals surface area contributed by atoms with Crippen LogP contribution >= 0.6 is 21.6 Å². The summed E-state index contributed by atoms with van der Waals surface area (Å²) < 4.78 is 0. The van der Waals surface area contributed by atoms with Crippen molar-refractivity contribution in [2.45, 2.75) is 9.79 Å². The molecule has 0 aliphatic rings. The van der Waals surface area contributed by atoms with Gasteiger partial charge in [-0.2, -0.15) is 0 Å². The van der Waals surface area contributed by atoms with Crippen LogP contribution in [0.15, 0.2) is 95.8 Å². The van der Waals surface area contributed by atoms with E-state index in [9.17, 15) is 19.8 Å². The zero-order valence-corrected chi connectivity index (χ0v) is 17.2. The van der Waals surface area contributed by atoms with Gasteiger partial charge < -0.3 is 19.8 Å². The van der Waals surface area contributed by atoms with Crippen molar-refractivity contribution in [3.8, 4) is 0 Å². The predicted octanol–water partition coefficient (Wildman–Crippen LogP) is 0.871. The Morgan fingerprint density at radius 3 is 1.37 bits per heavy atom. The second-order valence-electron chi connectivity index (χ2n) is 5.36. The molecule has 2 heterocycles. The average Bonchev–Trinajstić information content (AvgIpc) is 3.51. The Morgan fingerprint density at radius 2 is 1.10 bits per heavy atom. The molecule has 2 aromatic heterocycles. The van der Waals surface area contributed by atoms with Gasteiger partial charge in [0.25, 0.3) is 0 Å². The van der Waals surface area contributed by atoms with Gasteiger partial charge >= 0.3 is 0 Å². The highest BCUT2D eigenvalue weighted by atomic mass is 33.1. The second-order valence-corrected chi connectivity index (χ2v) is 7.57. The minimum atomic E-state index is -1.26. The largest absolute Gasteiger partial charge is 0.545 e. The Hall–Kier alpha value is -3.50. The number of imidazole rings is 2. The highest BCUT2D eigenvalue weighted by molar-refractivity contribution is 8.76. The van der Waals surface area contributed by atoms with Gasteiger partial charge in [0, 0.05) is 20.9 Å². The lowest BCUT2D eigenvalue weighted by molar-refractivity contribution is -0.376. The summed E-state index contributed by atoms with van der Waals surface area (Å²) in [5.41, 5.74) is 0.159. The van der Waals surface area contributed by atoms with E-state index < -0.39 is 11.9 Å². The van der Waals surface area contributed by atoms with E-state index in [-0.39, 0.29) is 11.1 Å². The first-order valence-electron chi connectivity index (χ1n) is 8.52. The molecule has 0 saturated heterocycles. The number of aromatic carboxylic acids is 2. The molecule has 0 spiro atoms. The van der Waals surface area contributed by atoms with Crippen molar-refractivity contribution < 1.29 is 29.8 Å². The van der Waals surface area contributed by atoms with Gasteiger partial charge in [0.1, 0.15) is 24.8 Å². The first-order valence-corrected chi connectivity index (χ1v) is 10.7. The molecular weight excluding hydrogens is 424 g/mol. The van der Waals surface area contributed by atoms with E-state index >= 15 is 0 Å². The second kappa shape index (κ2) is 12.9. The molecule has 0 radical (unpaired) electrons. The number of rotatable bonds is 5. The van der Waals surface area contributed by atoms with E-state index in [1.165, 1.54) is 12.1 Å². The zero-order valence-electron chi connectivity index (χ0n) is 15.5. The molecule has 0 aliphatic heterocycles. The molecule has 0 amide bonds. The van der Waals surface area contributed by atoms with Gasteiger partial charge in [0.15, 0.2) is 0 Å². The van der Waals surface area contributed by atoms with E-state index in [1.54, 1.807) is 49.1 Å². The summed E-state index contributed by atoms with van der Waals surface area (Å²) in [4.78, 5) is 34.2. The Morgan fingerprint density at radius 1 is 0.700 bits per heavy atom. The van der Waals surface area contributed by atoms with Gasteiger partial charge in [-0.1, -0.05) is 58.0 Å². The van der Waals surface area contributed by atoms with Crippen LogP contribution in [0.1, 0.15) is 20.7 Å². The molecule has 0 aliphatic carbocycles. The topological polar surface area (TPSA) is 140 Å². The van der Waals surface area contributed by atoms with Crippen molar-refractivity contribution in [1.82, 2.24) is 9.97 Å². The normalized spacial score (nSPS) is 9.47. The van der Waals surface area contributed by atoms with Crippen LogP contribution in [0.4, 0.5) is 0 Å². The van der Waals surface area contributed by atoms with Crippen LogP contribution in [0.2, 0.25) is 0 Å². The summed E-state index contributed by atoms with van der Waals surface area (Å²) in [5, 5.41) is 21.9. The van der Waals surface area contributed by atoms with Crippen LogP contribution in [0.5, 0.6) is 0 Å². The minimum Gasteiger partial charge on any atom is -0.545 e. The molecule has 4 aromatic rings. The fourth-order valence-corrected chi connectivity index (χ4v) is 4.33. The first-order chi connectivity index (χ1) is 14.6. The molecule has 4 N–H and O–H groups in total. The third-order valence-electron chi connectivity index (χ3n) is 3.32. The number of aromatic nitrogens is 4. The molecule has 10 heteroatoms. The first kappa shape index (κ1) is 22.8. The third kappa shape index (κ3) is 7.86. The Labute approximate surface area is 180 Å².